The van der Waals surface area contributed by atoms with E-state index in [1.54, 1.807) is 0 Å². The largest absolute Gasteiger partial charge is 0.490 e. The second kappa shape index (κ2) is 9.42. The number of aromatic nitrogens is 1. The molecule has 7 heteroatoms. The van der Waals surface area contributed by atoms with Crippen molar-refractivity contribution in [2.75, 3.05) is 6.61 Å². The monoisotopic (exact) mass is 444 g/mol. The fourth-order valence-electron chi connectivity index (χ4n) is 3.01. The number of rotatable bonds is 8. The highest BCUT2D eigenvalue weighted by Crippen LogP contribution is 2.40. The topological polar surface area (TPSA) is 68.3 Å². The van der Waals surface area contributed by atoms with Gasteiger partial charge in [-0.05, 0) is 41.8 Å². The van der Waals surface area contributed by atoms with E-state index in [-0.39, 0.29) is 17.7 Å². The second-order valence-corrected chi connectivity index (χ2v) is 8.11. The molecule has 0 fully saturated rings. The molecule has 0 saturated heterocycles. The minimum absolute atomic E-state index is 0.135. The molecule has 5 nitrogen and oxygen atoms in total. The van der Waals surface area contributed by atoms with Crippen molar-refractivity contribution < 1.29 is 13.9 Å². The highest BCUT2D eigenvalue weighted by atomic mass is 35.5. The van der Waals surface area contributed by atoms with Crippen LogP contribution in [0.4, 0.5) is 0 Å². The number of hydrogen-bond donors (Lipinski definition) is 0. The number of benzene rings is 2. The molecule has 1 aromatic heterocycles. The molecule has 0 aliphatic carbocycles. The Hall–Kier alpha value is -2.68. The van der Waals surface area contributed by atoms with Crippen LogP contribution >= 0.6 is 23.2 Å². The molecule has 0 unspecified atom stereocenters. The summed E-state index contributed by atoms with van der Waals surface area (Å²) in [6, 6.07) is 13.5. The molecule has 0 atom stereocenters. The fraction of sp³-hybridized carbons (Fsp3) is 0.304. The van der Waals surface area contributed by atoms with Gasteiger partial charge in [0.15, 0.2) is 23.6 Å². The molecule has 0 spiro atoms. The maximum Gasteiger partial charge on any atom is 0.185 e. The quantitative estimate of drug-likeness (QED) is 0.394. The molecule has 0 bridgehead atoms. The van der Waals surface area contributed by atoms with Crippen molar-refractivity contribution in [3.8, 4) is 17.6 Å². The summed E-state index contributed by atoms with van der Waals surface area (Å²) in [6.45, 7) is 6.93. The van der Waals surface area contributed by atoms with Gasteiger partial charge in [-0.3, -0.25) is 0 Å². The lowest BCUT2D eigenvalue weighted by atomic mass is 9.78. The molecule has 1 heterocycles. The van der Waals surface area contributed by atoms with Gasteiger partial charge in [0.2, 0.25) is 0 Å². The Bertz CT molecular complexity index is 1030. The molecule has 0 amide bonds. The lowest BCUT2D eigenvalue weighted by Gasteiger charge is -2.27. The number of nitrogens with zero attached hydrogens (tertiary/aromatic N) is 2. The van der Waals surface area contributed by atoms with Crippen LogP contribution in [-0.2, 0) is 12.0 Å². The average Bonchev–Trinajstić information content (AvgIpc) is 3.19. The highest BCUT2D eigenvalue weighted by molar-refractivity contribution is 6.37. The molecule has 2 aromatic carbocycles. The summed E-state index contributed by atoms with van der Waals surface area (Å²) in [5.41, 5.74) is 1.94. The number of ether oxygens (including phenoxy) is 2. The van der Waals surface area contributed by atoms with E-state index in [1.807, 2.05) is 49.4 Å². The van der Waals surface area contributed by atoms with Gasteiger partial charge in [-0.15, -0.1) is 0 Å². The first-order valence-electron chi connectivity index (χ1n) is 9.55. The third kappa shape index (κ3) is 4.72. The Morgan fingerprint density at radius 2 is 1.73 bits per heavy atom. The van der Waals surface area contributed by atoms with Crippen molar-refractivity contribution in [3.63, 3.8) is 0 Å². The van der Waals surface area contributed by atoms with Gasteiger partial charge >= 0.3 is 0 Å². The molecule has 30 heavy (non-hydrogen) atoms. The molecule has 156 valence electrons. The predicted molar refractivity (Wildman–Crippen MR) is 116 cm³/mol. The highest BCUT2D eigenvalue weighted by Gasteiger charge is 2.25. The Morgan fingerprint density at radius 1 is 1.07 bits per heavy atom. The van der Waals surface area contributed by atoms with E-state index < -0.39 is 0 Å². The van der Waals surface area contributed by atoms with Gasteiger partial charge in [-0.2, -0.15) is 5.26 Å². The van der Waals surface area contributed by atoms with Crippen LogP contribution in [0.15, 0.2) is 47.2 Å². The van der Waals surface area contributed by atoms with Crippen LogP contribution in [0.2, 0.25) is 10.0 Å². The first-order valence-corrected chi connectivity index (χ1v) is 10.3. The fourth-order valence-corrected chi connectivity index (χ4v) is 3.61. The van der Waals surface area contributed by atoms with Gasteiger partial charge < -0.3 is 13.9 Å². The summed E-state index contributed by atoms with van der Waals surface area (Å²) in [5.74, 6) is 1.58. The van der Waals surface area contributed by atoms with E-state index in [0.717, 1.165) is 17.5 Å². The van der Waals surface area contributed by atoms with Gasteiger partial charge in [0.25, 0.3) is 0 Å². The van der Waals surface area contributed by atoms with Gasteiger partial charge in [0.1, 0.15) is 18.4 Å². The molecular weight excluding hydrogens is 423 g/mol. The van der Waals surface area contributed by atoms with E-state index in [9.17, 15) is 0 Å². The first kappa shape index (κ1) is 22.0. The predicted octanol–water partition coefficient (Wildman–Crippen LogP) is 6.55. The van der Waals surface area contributed by atoms with Gasteiger partial charge in [0.05, 0.1) is 16.7 Å². The van der Waals surface area contributed by atoms with Crippen LogP contribution in [0.5, 0.6) is 11.5 Å². The molecule has 0 N–H and O–H groups in total. The number of halogens is 2. The SMILES string of the molecule is CCCOc1c(Cl)cc(C(C)(C)c2ccc(OCc3ocnc3C#N)cc2)cc1Cl. The lowest BCUT2D eigenvalue weighted by molar-refractivity contribution is 0.269. The Balaban J connectivity index is 1.77. The number of nitriles is 1. The van der Waals surface area contributed by atoms with Crippen molar-refractivity contribution in [1.82, 2.24) is 4.98 Å². The zero-order valence-electron chi connectivity index (χ0n) is 17.0. The van der Waals surface area contributed by atoms with E-state index >= 15 is 0 Å². The lowest BCUT2D eigenvalue weighted by Crippen LogP contribution is -2.19. The van der Waals surface area contributed by atoms with Crippen molar-refractivity contribution in [1.29, 1.82) is 5.26 Å². The Kier molecular flexibility index (Phi) is 6.91. The molecular formula is C23H22Cl2N2O3. The smallest absolute Gasteiger partial charge is 0.185 e. The summed E-state index contributed by atoms with van der Waals surface area (Å²) in [7, 11) is 0. The normalized spacial score (nSPS) is 11.2. The van der Waals surface area contributed by atoms with Crippen LogP contribution in [0.3, 0.4) is 0 Å². The van der Waals surface area contributed by atoms with Crippen molar-refractivity contribution in [3.05, 3.63) is 75.4 Å². The summed E-state index contributed by atoms with van der Waals surface area (Å²) in [4.78, 5) is 3.83. The second-order valence-electron chi connectivity index (χ2n) is 7.29. The summed E-state index contributed by atoms with van der Waals surface area (Å²) in [5, 5.41) is 9.98. The number of oxazole rings is 1. The van der Waals surface area contributed by atoms with E-state index in [2.05, 4.69) is 18.8 Å². The van der Waals surface area contributed by atoms with E-state index in [0.29, 0.717) is 33.9 Å². The maximum atomic E-state index is 8.98. The van der Waals surface area contributed by atoms with Crippen LogP contribution < -0.4 is 9.47 Å². The standard InChI is InChI=1S/C23H22Cl2N2O3/c1-4-9-28-22-18(24)10-16(11-19(22)25)23(2,3)15-5-7-17(8-6-15)29-13-21-20(12-26)27-14-30-21/h5-8,10-11,14H,4,9,13H2,1-3H3. The third-order valence-corrected chi connectivity index (χ3v) is 5.42. The van der Waals surface area contributed by atoms with Gasteiger partial charge in [-0.25, -0.2) is 4.98 Å². The molecule has 3 aromatic rings. The molecule has 0 aliphatic heterocycles. The molecule has 0 aliphatic rings. The van der Waals surface area contributed by atoms with Crippen LogP contribution in [0.1, 0.15) is 49.8 Å². The number of hydrogen-bond acceptors (Lipinski definition) is 5. The maximum absolute atomic E-state index is 8.98. The van der Waals surface area contributed by atoms with Crippen molar-refractivity contribution in [2.24, 2.45) is 0 Å². The Labute approximate surface area is 186 Å². The summed E-state index contributed by atoms with van der Waals surface area (Å²) >= 11 is 12.9. The summed E-state index contributed by atoms with van der Waals surface area (Å²) < 4.78 is 16.6. The van der Waals surface area contributed by atoms with Crippen molar-refractivity contribution in [2.45, 2.75) is 39.2 Å². The molecule has 3 rings (SSSR count). The molecule has 0 saturated carbocycles. The minimum Gasteiger partial charge on any atom is -0.490 e. The minimum atomic E-state index is -0.339. The third-order valence-electron chi connectivity index (χ3n) is 4.86. The van der Waals surface area contributed by atoms with Crippen molar-refractivity contribution >= 4 is 23.2 Å². The van der Waals surface area contributed by atoms with Crippen LogP contribution in [0.25, 0.3) is 0 Å². The van der Waals surface area contributed by atoms with Crippen LogP contribution in [0, 0.1) is 11.3 Å². The summed E-state index contributed by atoms with van der Waals surface area (Å²) in [6.07, 6.45) is 2.11. The van der Waals surface area contributed by atoms with E-state index in [4.69, 9.17) is 42.4 Å². The first-order chi connectivity index (χ1) is 14.4. The van der Waals surface area contributed by atoms with E-state index in [1.165, 1.54) is 6.39 Å². The van der Waals surface area contributed by atoms with Gasteiger partial charge in [0, 0.05) is 5.41 Å². The zero-order valence-corrected chi connectivity index (χ0v) is 18.5. The average molecular weight is 445 g/mol. The van der Waals surface area contributed by atoms with Crippen LogP contribution in [-0.4, -0.2) is 11.6 Å². The Morgan fingerprint density at radius 3 is 2.33 bits per heavy atom. The molecule has 0 radical (unpaired) electrons. The zero-order chi connectivity index (χ0) is 21.7. The van der Waals surface area contributed by atoms with Gasteiger partial charge in [-0.1, -0.05) is 56.1 Å².